The van der Waals surface area contributed by atoms with Gasteiger partial charge in [-0.25, -0.2) is 9.50 Å². The van der Waals surface area contributed by atoms with Gasteiger partial charge in [0.2, 0.25) is 0 Å². The number of amides is 1. The number of nitrogens with one attached hydrogen (secondary N) is 1. The van der Waals surface area contributed by atoms with Crippen molar-refractivity contribution in [3.05, 3.63) is 119 Å². The van der Waals surface area contributed by atoms with E-state index >= 15 is 0 Å². The third kappa shape index (κ3) is 3.44. The van der Waals surface area contributed by atoms with Gasteiger partial charge in [-0.3, -0.25) is 14.2 Å². The van der Waals surface area contributed by atoms with Crippen molar-refractivity contribution < 1.29 is 4.79 Å². The van der Waals surface area contributed by atoms with E-state index in [-0.39, 0.29) is 11.5 Å². The number of carbonyl (C=O) groups excluding carboxylic acids is 1. The largest absolute Gasteiger partial charge is 0.344 e. The summed E-state index contributed by atoms with van der Waals surface area (Å²) < 4.78 is 3.29. The maximum atomic E-state index is 14.0. The summed E-state index contributed by atoms with van der Waals surface area (Å²) in [5, 5.41) is 10.9. The molecule has 176 valence electrons. The fourth-order valence-electron chi connectivity index (χ4n) is 4.87. The van der Waals surface area contributed by atoms with Crippen LogP contribution < -0.4 is 10.9 Å². The van der Waals surface area contributed by atoms with Crippen molar-refractivity contribution in [2.45, 2.75) is 19.9 Å². The Kier molecular flexibility index (Phi) is 5.11. The summed E-state index contributed by atoms with van der Waals surface area (Å²) in [4.78, 5) is 31.8. The molecule has 0 aliphatic heterocycles. The van der Waals surface area contributed by atoms with Gasteiger partial charge in [0.25, 0.3) is 11.5 Å². The highest BCUT2D eigenvalue weighted by atomic mass is 16.2. The highest BCUT2D eigenvalue weighted by Crippen LogP contribution is 2.27. The summed E-state index contributed by atoms with van der Waals surface area (Å²) in [6, 6.07) is 24.7. The lowest BCUT2D eigenvalue weighted by atomic mass is 10.0. The molecule has 0 spiro atoms. The van der Waals surface area contributed by atoms with Gasteiger partial charge >= 0.3 is 0 Å². The van der Waals surface area contributed by atoms with Crippen LogP contribution in [0.1, 0.15) is 34.7 Å². The molecule has 7 heteroatoms. The van der Waals surface area contributed by atoms with Gasteiger partial charge < -0.3 is 5.32 Å². The number of rotatable bonds is 4. The van der Waals surface area contributed by atoms with Crippen molar-refractivity contribution in [1.82, 2.24) is 24.5 Å². The zero-order valence-corrected chi connectivity index (χ0v) is 19.8. The Morgan fingerprint density at radius 3 is 2.53 bits per heavy atom. The number of benzene rings is 3. The summed E-state index contributed by atoms with van der Waals surface area (Å²) >= 11 is 0. The summed E-state index contributed by atoms with van der Waals surface area (Å²) in [6.07, 6.45) is 3.40. The van der Waals surface area contributed by atoms with Crippen molar-refractivity contribution >= 4 is 33.1 Å². The molecule has 7 nitrogen and oxygen atoms in total. The normalized spacial score (nSPS) is 12.3. The van der Waals surface area contributed by atoms with Crippen molar-refractivity contribution in [3.8, 4) is 5.69 Å². The van der Waals surface area contributed by atoms with E-state index in [1.165, 1.54) is 0 Å². The molecule has 1 N–H and O–H groups in total. The molecule has 0 saturated carbocycles. The number of fused-ring (bicyclic) bond motifs is 4. The zero-order chi connectivity index (χ0) is 24.8. The van der Waals surface area contributed by atoms with Crippen molar-refractivity contribution in [2.75, 3.05) is 0 Å². The topological polar surface area (TPSA) is 81.3 Å². The second-order valence-electron chi connectivity index (χ2n) is 8.84. The number of aryl methyl sites for hydroxylation is 1. The van der Waals surface area contributed by atoms with Crippen LogP contribution in [-0.2, 0) is 0 Å². The Balaban J connectivity index is 1.52. The first-order valence-electron chi connectivity index (χ1n) is 11.8. The molecule has 0 bridgehead atoms. The lowest BCUT2D eigenvalue weighted by Gasteiger charge is -2.21. The van der Waals surface area contributed by atoms with Crippen molar-refractivity contribution in [2.24, 2.45) is 0 Å². The van der Waals surface area contributed by atoms with E-state index in [9.17, 15) is 9.59 Å². The van der Waals surface area contributed by atoms with Crippen molar-refractivity contribution in [1.29, 1.82) is 0 Å². The molecule has 36 heavy (non-hydrogen) atoms. The number of pyridine rings is 1. The minimum absolute atomic E-state index is 0.125. The molecule has 0 aliphatic rings. The van der Waals surface area contributed by atoms with Gasteiger partial charge in [0.1, 0.15) is 5.56 Å². The first kappa shape index (κ1) is 21.7. The van der Waals surface area contributed by atoms with Crippen LogP contribution in [0.4, 0.5) is 0 Å². The Bertz CT molecular complexity index is 1840. The molecule has 0 saturated heterocycles. The Hall–Kier alpha value is -4.78. The standard InChI is InChI=1S/C29H23N5O2/c1-18(31-28(35)25-19(2)32-33-16-8-15-30-27(25)33)24-17-21-14-13-20-9-6-7-12-23(20)26(21)29(36)34(24)22-10-4-3-5-11-22/h3-18H,1-2H3,(H,31,35)/t18-/m0/s1. The predicted octanol–water partition coefficient (Wildman–Crippen LogP) is 4.99. The summed E-state index contributed by atoms with van der Waals surface area (Å²) in [5.41, 5.74) is 2.80. The molecule has 0 radical (unpaired) electrons. The second kappa shape index (κ2) is 8.46. The SMILES string of the molecule is Cc1nn2cccnc2c1C(=O)N[C@@H](C)c1cc2ccc3ccccc3c2c(=O)n1-c1ccccc1. The predicted molar refractivity (Wildman–Crippen MR) is 141 cm³/mol. The minimum atomic E-state index is -0.473. The van der Waals surface area contributed by atoms with E-state index in [4.69, 9.17) is 0 Å². The number of para-hydroxylation sites is 1. The minimum Gasteiger partial charge on any atom is -0.344 e. The average Bonchev–Trinajstić information content (AvgIpc) is 3.24. The van der Waals surface area contributed by atoms with Gasteiger partial charge in [0.05, 0.1) is 17.1 Å². The maximum absolute atomic E-state index is 14.0. The number of hydrogen-bond acceptors (Lipinski definition) is 4. The maximum Gasteiger partial charge on any atom is 0.263 e. The van der Waals surface area contributed by atoms with E-state index in [0.717, 1.165) is 21.8 Å². The summed E-state index contributed by atoms with van der Waals surface area (Å²) in [7, 11) is 0. The van der Waals surface area contributed by atoms with Gasteiger partial charge in [-0.2, -0.15) is 5.10 Å². The molecule has 1 atom stereocenters. The Labute approximate surface area is 206 Å². The molecule has 0 aliphatic carbocycles. The second-order valence-corrected chi connectivity index (χ2v) is 8.84. The van der Waals surface area contributed by atoms with Crippen LogP contribution in [0, 0.1) is 6.92 Å². The van der Waals surface area contributed by atoms with Crippen LogP contribution in [0.25, 0.3) is 32.9 Å². The van der Waals surface area contributed by atoms with Crippen LogP contribution >= 0.6 is 0 Å². The van der Waals surface area contributed by atoms with E-state index in [0.29, 0.717) is 28.0 Å². The quantitative estimate of drug-likeness (QED) is 0.366. The monoisotopic (exact) mass is 473 g/mol. The third-order valence-electron chi connectivity index (χ3n) is 6.54. The highest BCUT2D eigenvalue weighted by Gasteiger charge is 2.23. The van der Waals surface area contributed by atoms with Crippen LogP contribution in [0.3, 0.4) is 0 Å². The van der Waals surface area contributed by atoms with Crippen LogP contribution in [0.15, 0.2) is 96.1 Å². The molecule has 6 aromatic rings. The molecular formula is C29H23N5O2. The molecule has 3 heterocycles. The fraction of sp³-hybridized carbons (Fsp3) is 0.103. The van der Waals surface area contributed by atoms with Crippen LogP contribution in [0.5, 0.6) is 0 Å². The molecule has 1 amide bonds. The van der Waals surface area contributed by atoms with E-state index < -0.39 is 6.04 Å². The highest BCUT2D eigenvalue weighted by molar-refractivity contribution is 6.07. The molecular weight excluding hydrogens is 450 g/mol. The smallest absolute Gasteiger partial charge is 0.263 e. The molecule has 0 unspecified atom stereocenters. The molecule has 0 fully saturated rings. The van der Waals surface area contributed by atoms with Gasteiger partial charge in [0, 0.05) is 23.8 Å². The first-order valence-corrected chi connectivity index (χ1v) is 11.8. The number of carbonyl (C=O) groups is 1. The zero-order valence-electron chi connectivity index (χ0n) is 19.8. The Morgan fingerprint density at radius 1 is 0.944 bits per heavy atom. The summed E-state index contributed by atoms with van der Waals surface area (Å²) in [6.45, 7) is 3.67. The van der Waals surface area contributed by atoms with Gasteiger partial charge in [-0.1, -0.05) is 54.6 Å². The fourth-order valence-corrected chi connectivity index (χ4v) is 4.87. The first-order chi connectivity index (χ1) is 17.5. The molecule has 3 aromatic carbocycles. The number of aromatic nitrogens is 4. The third-order valence-corrected chi connectivity index (χ3v) is 6.54. The van der Waals surface area contributed by atoms with E-state index in [1.807, 2.05) is 79.7 Å². The lowest BCUT2D eigenvalue weighted by Crippen LogP contribution is -2.32. The lowest BCUT2D eigenvalue weighted by molar-refractivity contribution is 0.0939. The molecule has 6 rings (SSSR count). The van der Waals surface area contributed by atoms with Gasteiger partial charge in [-0.05, 0) is 54.3 Å². The summed E-state index contributed by atoms with van der Waals surface area (Å²) in [5.74, 6) is -0.292. The van der Waals surface area contributed by atoms with E-state index in [1.54, 1.807) is 34.5 Å². The van der Waals surface area contributed by atoms with Crippen molar-refractivity contribution in [3.63, 3.8) is 0 Å². The van der Waals surface area contributed by atoms with Crippen LogP contribution in [0.2, 0.25) is 0 Å². The van der Waals surface area contributed by atoms with E-state index in [2.05, 4.69) is 15.4 Å². The van der Waals surface area contributed by atoms with Crippen LogP contribution in [-0.4, -0.2) is 25.1 Å². The number of nitrogens with zero attached hydrogens (tertiary/aromatic N) is 4. The van der Waals surface area contributed by atoms with Gasteiger partial charge in [0.15, 0.2) is 5.65 Å². The average molecular weight is 474 g/mol. The Morgan fingerprint density at radius 2 is 1.69 bits per heavy atom. The molecule has 3 aromatic heterocycles. The number of hydrogen-bond donors (Lipinski definition) is 1. The van der Waals surface area contributed by atoms with Gasteiger partial charge in [-0.15, -0.1) is 0 Å².